The summed E-state index contributed by atoms with van der Waals surface area (Å²) in [6, 6.07) is 3.33. The topological polar surface area (TPSA) is 107 Å². The summed E-state index contributed by atoms with van der Waals surface area (Å²) in [4.78, 5) is 16.9. The van der Waals surface area contributed by atoms with Gasteiger partial charge in [0.2, 0.25) is 5.82 Å². The fourth-order valence-corrected chi connectivity index (χ4v) is 2.96. The number of fused-ring (bicyclic) bond motifs is 1. The Hall–Kier alpha value is -1.93. The lowest BCUT2D eigenvalue weighted by atomic mass is 10.2. The number of hydrogen-bond donors (Lipinski definition) is 2. The lowest BCUT2D eigenvalue weighted by Gasteiger charge is -2.35. The number of anilines is 2. The van der Waals surface area contributed by atoms with Gasteiger partial charge in [-0.1, -0.05) is 0 Å². The van der Waals surface area contributed by atoms with Crippen LogP contribution in [0.2, 0.25) is 0 Å². The molecule has 3 heterocycles. The molecular weight excluding hydrogens is 274 g/mol. The van der Waals surface area contributed by atoms with Gasteiger partial charge in [0, 0.05) is 25.2 Å². The number of pyridine rings is 1. The second-order valence-electron chi connectivity index (χ2n) is 5.49. The summed E-state index contributed by atoms with van der Waals surface area (Å²) < 4.78 is 5.81. The Bertz CT molecular complexity index is 539. The second kappa shape index (κ2) is 5.82. The third-order valence-corrected chi connectivity index (χ3v) is 4.05. The first-order chi connectivity index (χ1) is 10.1. The van der Waals surface area contributed by atoms with Crippen molar-refractivity contribution in [3.8, 4) is 0 Å². The molecule has 1 aromatic heterocycles. The maximum absolute atomic E-state index is 11.0. The normalized spacial score (nSPS) is 25.5. The maximum atomic E-state index is 11.0. The number of nitrogens with two attached hydrogens (primary N) is 1. The van der Waals surface area contributed by atoms with Crippen molar-refractivity contribution in [1.82, 2.24) is 9.88 Å². The molecule has 0 aliphatic carbocycles. The van der Waals surface area contributed by atoms with E-state index in [1.807, 2.05) is 0 Å². The van der Waals surface area contributed by atoms with Crippen molar-refractivity contribution >= 4 is 17.3 Å². The molecule has 2 aliphatic heterocycles. The average molecular weight is 293 g/mol. The largest absolute Gasteiger partial charge is 0.384 e. The van der Waals surface area contributed by atoms with Crippen LogP contribution in [-0.4, -0.2) is 53.2 Å². The summed E-state index contributed by atoms with van der Waals surface area (Å²) in [6.07, 6.45) is 2.43. The van der Waals surface area contributed by atoms with Gasteiger partial charge in [-0.2, -0.15) is 0 Å². The van der Waals surface area contributed by atoms with Crippen LogP contribution in [0.4, 0.5) is 17.3 Å². The Kier molecular flexibility index (Phi) is 3.89. The van der Waals surface area contributed by atoms with Crippen LogP contribution in [0.1, 0.15) is 12.8 Å². The molecule has 21 heavy (non-hydrogen) atoms. The highest BCUT2D eigenvalue weighted by molar-refractivity contribution is 5.59. The molecule has 2 fully saturated rings. The number of nitro groups is 1. The molecule has 0 spiro atoms. The Labute approximate surface area is 122 Å². The van der Waals surface area contributed by atoms with Gasteiger partial charge in [-0.3, -0.25) is 15.0 Å². The van der Waals surface area contributed by atoms with Gasteiger partial charge in [-0.05, 0) is 25.5 Å². The van der Waals surface area contributed by atoms with E-state index in [4.69, 9.17) is 10.5 Å². The monoisotopic (exact) mass is 293 g/mol. The van der Waals surface area contributed by atoms with Crippen molar-refractivity contribution in [2.75, 3.05) is 37.3 Å². The summed E-state index contributed by atoms with van der Waals surface area (Å²) in [7, 11) is 0. The molecule has 2 atom stereocenters. The van der Waals surface area contributed by atoms with Crippen molar-refractivity contribution < 1.29 is 9.66 Å². The van der Waals surface area contributed by atoms with Crippen LogP contribution in [0.3, 0.4) is 0 Å². The molecule has 0 radical (unpaired) electrons. The minimum atomic E-state index is -0.465. The first-order valence-electron chi connectivity index (χ1n) is 7.14. The molecule has 8 heteroatoms. The number of nitrogens with one attached hydrogen (secondary N) is 1. The van der Waals surface area contributed by atoms with Crippen molar-refractivity contribution in [3.63, 3.8) is 0 Å². The third kappa shape index (κ3) is 3.06. The number of rotatable bonds is 4. The van der Waals surface area contributed by atoms with Gasteiger partial charge in [-0.15, -0.1) is 0 Å². The number of hydrogen-bond acceptors (Lipinski definition) is 7. The van der Waals surface area contributed by atoms with Crippen molar-refractivity contribution in [2.45, 2.75) is 25.0 Å². The second-order valence-corrected chi connectivity index (χ2v) is 5.49. The van der Waals surface area contributed by atoms with Crippen LogP contribution in [0.15, 0.2) is 12.1 Å². The minimum Gasteiger partial charge on any atom is -0.384 e. The first kappa shape index (κ1) is 14.0. The zero-order valence-corrected chi connectivity index (χ0v) is 11.7. The Morgan fingerprint density at radius 3 is 3.24 bits per heavy atom. The van der Waals surface area contributed by atoms with Crippen LogP contribution in [0, 0.1) is 10.1 Å². The van der Waals surface area contributed by atoms with Gasteiger partial charge in [0.05, 0.1) is 17.6 Å². The molecule has 2 saturated heterocycles. The predicted octanol–water partition coefficient (Wildman–Crippen LogP) is 0.847. The quantitative estimate of drug-likeness (QED) is 0.626. The van der Waals surface area contributed by atoms with Gasteiger partial charge in [0.15, 0.2) is 0 Å². The van der Waals surface area contributed by atoms with E-state index in [0.29, 0.717) is 12.6 Å². The van der Waals surface area contributed by atoms with Gasteiger partial charge >= 0.3 is 5.69 Å². The average Bonchev–Trinajstić information content (AvgIpc) is 2.92. The fourth-order valence-electron chi connectivity index (χ4n) is 2.96. The Balaban J connectivity index is 1.62. The lowest BCUT2D eigenvalue weighted by Crippen LogP contribution is -2.48. The van der Waals surface area contributed by atoms with E-state index in [0.717, 1.165) is 19.7 Å². The maximum Gasteiger partial charge on any atom is 0.311 e. The van der Waals surface area contributed by atoms with E-state index in [9.17, 15) is 10.1 Å². The smallest absolute Gasteiger partial charge is 0.311 e. The lowest BCUT2D eigenvalue weighted by molar-refractivity contribution is -0.384. The summed E-state index contributed by atoms with van der Waals surface area (Å²) in [5.74, 6) is 0.458. The van der Waals surface area contributed by atoms with Crippen LogP contribution in [0.5, 0.6) is 0 Å². The van der Waals surface area contributed by atoms with Crippen LogP contribution >= 0.6 is 0 Å². The number of aromatic nitrogens is 1. The Morgan fingerprint density at radius 1 is 1.57 bits per heavy atom. The zero-order chi connectivity index (χ0) is 14.8. The summed E-state index contributed by atoms with van der Waals surface area (Å²) in [5.41, 5.74) is 5.52. The standard InChI is InChI=1S/C13H19N5O3/c14-12-4-3-11(18(19)20)13(16-12)15-6-10-7-17-5-1-2-9(17)8-21-10/h3-4,9-10H,1-2,5-8H2,(H3,14,15,16). The van der Waals surface area contributed by atoms with E-state index < -0.39 is 4.92 Å². The van der Waals surface area contributed by atoms with Crippen molar-refractivity contribution in [2.24, 2.45) is 0 Å². The molecule has 1 aromatic rings. The van der Waals surface area contributed by atoms with Crippen molar-refractivity contribution in [3.05, 3.63) is 22.2 Å². The molecule has 2 aliphatic rings. The fraction of sp³-hybridized carbons (Fsp3) is 0.615. The molecule has 0 aromatic carbocycles. The highest BCUT2D eigenvalue weighted by Gasteiger charge is 2.32. The minimum absolute atomic E-state index is 0.0159. The third-order valence-electron chi connectivity index (χ3n) is 4.05. The molecule has 2 unspecified atom stereocenters. The summed E-state index contributed by atoms with van der Waals surface area (Å²) in [6.45, 7) is 3.19. The predicted molar refractivity (Wildman–Crippen MR) is 78.1 cm³/mol. The van der Waals surface area contributed by atoms with E-state index >= 15 is 0 Å². The molecule has 114 valence electrons. The van der Waals surface area contributed by atoms with Gasteiger partial charge < -0.3 is 15.8 Å². The molecule has 0 amide bonds. The van der Waals surface area contributed by atoms with Crippen LogP contribution < -0.4 is 11.1 Å². The number of nitrogen functional groups attached to an aromatic ring is 1. The van der Waals surface area contributed by atoms with Crippen molar-refractivity contribution in [1.29, 1.82) is 0 Å². The molecular formula is C13H19N5O3. The molecule has 3 rings (SSSR count). The van der Waals surface area contributed by atoms with E-state index in [1.165, 1.54) is 25.0 Å². The molecule has 8 nitrogen and oxygen atoms in total. The Morgan fingerprint density at radius 2 is 2.43 bits per heavy atom. The zero-order valence-electron chi connectivity index (χ0n) is 11.7. The van der Waals surface area contributed by atoms with E-state index in [2.05, 4.69) is 15.2 Å². The van der Waals surface area contributed by atoms with Crippen LogP contribution in [-0.2, 0) is 4.74 Å². The van der Waals surface area contributed by atoms with Gasteiger partial charge in [0.25, 0.3) is 0 Å². The van der Waals surface area contributed by atoms with Gasteiger partial charge in [0.1, 0.15) is 5.82 Å². The number of ether oxygens (including phenoxy) is 1. The summed E-state index contributed by atoms with van der Waals surface area (Å²) >= 11 is 0. The highest BCUT2D eigenvalue weighted by atomic mass is 16.6. The van der Waals surface area contributed by atoms with Gasteiger partial charge in [-0.25, -0.2) is 4.98 Å². The highest BCUT2D eigenvalue weighted by Crippen LogP contribution is 2.25. The number of nitrogens with zero attached hydrogens (tertiary/aromatic N) is 3. The first-order valence-corrected chi connectivity index (χ1v) is 7.14. The van der Waals surface area contributed by atoms with E-state index in [1.54, 1.807) is 0 Å². The molecule has 0 bridgehead atoms. The molecule has 0 saturated carbocycles. The van der Waals surface area contributed by atoms with Crippen LogP contribution in [0.25, 0.3) is 0 Å². The summed E-state index contributed by atoms with van der Waals surface area (Å²) in [5, 5.41) is 14.0. The number of morpholine rings is 1. The van der Waals surface area contributed by atoms with E-state index in [-0.39, 0.29) is 23.4 Å². The SMILES string of the molecule is Nc1ccc([N+](=O)[O-])c(NCC2CN3CCCC3CO2)n1. The molecule has 3 N–H and O–H groups in total.